The van der Waals surface area contributed by atoms with E-state index in [4.69, 9.17) is 4.42 Å². The van der Waals surface area contributed by atoms with Crippen LogP contribution in [0, 0.1) is 0 Å². The number of aromatic nitrogens is 5. The smallest absolute Gasteiger partial charge is 0.278 e. The topological polar surface area (TPSA) is 148 Å². The van der Waals surface area contributed by atoms with Gasteiger partial charge in [0.2, 0.25) is 11.8 Å². The van der Waals surface area contributed by atoms with Gasteiger partial charge >= 0.3 is 0 Å². The van der Waals surface area contributed by atoms with Crippen molar-refractivity contribution in [2.24, 2.45) is 0 Å². The molecule has 6 rings (SSSR count). The summed E-state index contributed by atoms with van der Waals surface area (Å²) in [6.45, 7) is -0.0745. The molecule has 0 bridgehead atoms. The lowest BCUT2D eigenvalue weighted by molar-refractivity contribution is -0.121. The van der Waals surface area contributed by atoms with Crippen LogP contribution in [-0.2, 0) is 17.9 Å². The third-order valence-corrected chi connectivity index (χ3v) is 6.39. The van der Waals surface area contributed by atoms with E-state index >= 15 is 0 Å². The van der Waals surface area contributed by atoms with Gasteiger partial charge in [-0.1, -0.05) is 36.4 Å². The number of carbonyl (C=O) groups excluding carboxylic acids is 2. The molecule has 0 aliphatic carbocycles. The number of nitrogens with zero attached hydrogens (tertiary/aromatic N) is 4. The van der Waals surface area contributed by atoms with Gasteiger partial charge in [-0.15, -0.1) is 0 Å². The number of nitrogens with one attached hydrogen (secondary N) is 3. The lowest BCUT2D eigenvalue weighted by Crippen LogP contribution is -2.35. The summed E-state index contributed by atoms with van der Waals surface area (Å²) in [4.78, 5) is 55.6. The average molecular weight is 546 g/mol. The number of anilines is 1. The quantitative estimate of drug-likeness (QED) is 0.262. The number of rotatable bonds is 8. The number of benzene rings is 2. The Hall–Kier alpha value is -5.84. The van der Waals surface area contributed by atoms with Crippen molar-refractivity contribution >= 4 is 28.4 Å². The number of H-pyrrole nitrogens is 1. The van der Waals surface area contributed by atoms with Gasteiger partial charge in [-0.3, -0.25) is 23.9 Å². The van der Waals surface area contributed by atoms with Crippen LogP contribution >= 0.6 is 0 Å². The third kappa shape index (κ3) is 5.50. The fourth-order valence-corrected chi connectivity index (χ4v) is 4.42. The van der Waals surface area contributed by atoms with Crippen LogP contribution < -0.4 is 16.2 Å². The summed E-state index contributed by atoms with van der Waals surface area (Å²) in [6.07, 6.45) is 7.67. The van der Waals surface area contributed by atoms with E-state index in [-0.39, 0.29) is 18.8 Å². The maximum Gasteiger partial charge on any atom is 0.278 e. The molecule has 0 aliphatic rings. The monoisotopic (exact) mass is 545 g/mol. The molecule has 3 N–H and O–H groups in total. The molecule has 0 fully saturated rings. The minimum Gasteiger partial charge on any atom is -0.445 e. The summed E-state index contributed by atoms with van der Waals surface area (Å²) in [5.74, 6) is -0.253. The first-order valence-corrected chi connectivity index (χ1v) is 12.7. The Kier molecular flexibility index (Phi) is 6.89. The predicted octanol–water partition coefficient (Wildman–Crippen LogP) is 4.01. The van der Waals surface area contributed by atoms with Crippen LogP contribution in [0.2, 0.25) is 0 Å². The molecule has 0 unspecified atom stereocenters. The van der Waals surface area contributed by atoms with Crippen molar-refractivity contribution in [2.45, 2.75) is 13.1 Å². The van der Waals surface area contributed by atoms with Crippen LogP contribution in [0.4, 0.5) is 5.69 Å². The number of hydrogen-bond donors (Lipinski definition) is 3. The second-order valence-corrected chi connectivity index (χ2v) is 9.16. The van der Waals surface area contributed by atoms with E-state index in [0.717, 1.165) is 16.6 Å². The zero-order chi connectivity index (χ0) is 28.2. The van der Waals surface area contributed by atoms with Crippen molar-refractivity contribution in [1.82, 2.24) is 29.8 Å². The minimum absolute atomic E-state index is 0.0628. The molecule has 4 heterocycles. The number of amides is 2. The number of fused-ring (bicyclic) bond motifs is 1. The molecule has 0 radical (unpaired) electrons. The average Bonchev–Trinajstić information content (AvgIpc) is 3.69. The first kappa shape index (κ1) is 25.4. The Morgan fingerprint density at radius 3 is 2.59 bits per heavy atom. The van der Waals surface area contributed by atoms with Crippen LogP contribution in [0.15, 0.2) is 107 Å². The van der Waals surface area contributed by atoms with Gasteiger partial charge in [-0.2, -0.15) is 0 Å². The lowest BCUT2D eigenvalue weighted by Gasteiger charge is -2.14. The summed E-state index contributed by atoms with van der Waals surface area (Å²) in [6, 6.07) is 19.5. The Balaban J connectivity index is 1.25. The molecule has 0 spiro atoms. The van der Waals surface area contributed by atoms with Crippen molar-refractivity contribution < 1.29 is 14.0 Å². The number of oxazole rings is 1. The predicted molar refractivity (Wildman–Crippen MR) is 152 cm³/mol. The molecular weight excluding hydrogens is 522 g/mol. The molecule has 0 saturated carbocycles. The number of carbonyl (C=O) groups is 2. The highest BCUT2D eigenvalue weighted by molar-refractivity contribution is 6.04. The van der Waals surface area contributed by atoms with E-state index in [1.165, 1.54) is 23.2 Å². The third-order valence-electron chi connectivity index (χ3n) is 6.39. The van der Waals surface area contributed by atoms with Crippen molar-refractivity contribution in [1.29, 1.82) is 0 Å². The van der Waals surface area contributed by atoms with Gasteiger partial charge in [0.05, 0.1) is 18.9 Å². The van der Waals surface area contributed by atoms with Gasteiger partial charge in [-0.25, -0.2) is 9.97 Å². The first-order valence-electron chi connectivity index (χ1n) is 12.7. The molecule has 0 saturated heterocycles. The zero-order valence-electron chi connectivity index (χ0n) is 21.6. The number of pyridine rings is 1. The van der Waals surface area contributed by atoms with E-state index < -0.39 is 17.4 Å². The molecule has 202 valence electrons. The summed E-state index contributed by atoms with van der Waals surface area (Å²) in [5.41, 5.74) is 2.63. The lowest BCUT2D eigenvalue weighted by atomic mass is 10.1. The van der Waals surface area contributed by atoms with Crippen LogP contribution in [0.5, 0.6) is 0 Å². The highest BCUT2D eigenvalue weighted by atomic mass is 16.3. The van der Waals surface area contributed by atoms with E-state index in [9.17, 15) is 14.4 Å². The molecule has 11 heteroatoms. The van der Waals surface area contributed by atoms with Crippen molar-refractivity contribution in [3.05, 3.63) is 119 Å². The summed E-state index contributed by atoms with van der Waals surface area (Å²) >= 11 is 0. The SMILES string of the molecule is O=C(Cn1c(-c2ccccc2)ncc(NC(=O)c2cccc(-c3ncco3)c2)c1=O)NCc1cc2cnccc2[nH]1. The Labute approximate surface area is 232 Å². The number of aromatic amines is 1. The minimum atomic E-state index is -0.567. The molecule has 11 nitrogen and oxygen atoms in total. The Morgan fingerprint density at radius 1 is 0.927 bits per heavy atom. The fourth-order valence-electron chi connectivity index (χ4n) is 4.42. The second kappa shape index (κ2) is 11.1. The maximum atomic E-state index is 13.6. The highest BCUT2D eigenvalue weighted by Gasteiger charge is 2.18. The highest BCUT2D eigenvalue weighted by Crippen LogP contribution is 2.20. The summed E-state index contributed by atoms with van der Waals surface area (Å²) in [7, 11) is 0. The molecule has 0 atom stereocenters. The van der Waals surface area contributed by atoms with E-state index in [1.807, 2.05) is 30.3 Å². The molecule has 41 heavy (non-hydrogen) atoms. The van der Waals surface area contributed by atoms with E-state index in [2.05, 4.69) is 30.6 Å². The van der Waals surface area contributed by atoms with Gasteiger partial charge in [0, 0.05) is 45.7 Å². The molecule has 4 aromatic heterocycles. The van der Waals surface area contributed by atoms with E-state index in [0.29, 0.717) is 28.4 Å². The largest absolute Gasteiger partial charge is 0.445 e. The van der Waals surface area contributed by atoms with Crippen molar-refractivity contribution in [3.63, 3.8) is 0 Å². The van der Waals surface area contributed by atoms with Gasteiger partial charge in [0.1, 0.15) is 24.3 Å². The summed E-state index contributed by atoms with van der Waals surface area (Å²) < 4.78 is 6.56. The van der Waals surface area contributed by atoms with Gasteiger partial charge in [-0.05, 0) is 30.3 Å². The van der Waals surface area contributed by atoms with E-state index in [1.54, 1.807) is 48.8 Å². The molecular formula is C30H23N7O4. The van der Waals surface area contributed by atoms with Crippen molar-refractivity contribution in [3.8, 4) is 22.8 Å². The second-order valence-electron chi connectivity index (χ2n) is 9.16. The van der Waals surface area contributed by atoms with Gasteiger partial charge in [0.15, 0.2) is 0 Å². The van der Waals surface area contributed by atoms with Gasteiger partial charge < -0.3 is 20.0 Å². The maximum absolute atomic E-state index is 13.6. The molecule has 6 aromatic rings. The van der Waals surface area contributed by atoms with Crippen LogP contribution in [-0.4, -0.2) is 36.3 Å². The van der Waals surface area contributed by atoms with Gasteiger partial charge in [0.25, 0.3) is 11.5 Å². The first-order chi connectivity index (χ1) is 20.0. The fraction of sp³-hybridized carbons (Fsp3) is 0.0667. The standard InChI is InChI=1S/C30H23N7O4/c38-26(33-16-23-14-22-15-31-10-9-24(22)35-23)18-37-27(19-5-2-1-3-6-19)34-17-25(30(37)40)36-28(39)20-7-4-8-21(13-20)29-32-11-12-41-29/h1-15,17,35H,16,18H2,(H,33,38)(H,36,39). The van der Waals surface area contributed by atoms with Crippen molar-refractivity contribution in [2.75, 3.05) is 5.32 Å². The normalized spacial score (nSPS) is 10.9. The Bertz CT molecular complexity index is 1880. The van der Waals surface area contributed by atoms with Crippen LogP contribution in [0.1, 0.15) is 16.1 Å². The molecule has 0 aliphatic heterocycles. The summed E-state index contributed by atoms with van der Waals surface area (Å²) in [5, 5.41) is 6.40. The molecule has 2 aromatic carbocycles. The van der Waals surface area contributed by atoms with Crippen LogP contribution in [0.3, 0.4) is 0 Å². The molecule has 2 amide bonds. The number of hydrogen-bond acceptors (Lipinski definition) is 7. The van der Waals surface area contributed by atoms with Crippen LogP contribution in [0.25, 0.3) is 33.7 Å². The Morgan fingerprint density at radius 2 is 1.78 bits per heavy atom. The zero-order valence-corrected chi connectivity index (χ0v) is 21.6.